The third-order valence-corrected chi connectivity index (χ3v) is 4.64. The van der Waals surface area contributed by atoms with Crippen molar-refractivity contribution in [3.63, 3.8) is 0 Å². The SMILES string of the molecule is CCc1nnc(Sc2cccc(Br)c2)c(CN)c1CC. The zero-order chi connectivity index (χ0) is 14.5. The first kappa shape index (κ1) is 15.5. The van der Waals surface area contributed by atoms with Crippen molar-refractivity contribution in [1.29, 1.82) is 0 Å². The van der Waals surface area contributed by atoms with Crippen LogP contribution in [0.15, 0.2) is 38.7 Å². The summed E-state index contributed by atoms with van der Waals surface area (Å²) in [4.78, 5) is 1.13. The van der Waals surface area contributed by atoms with E-state index in [2.05, 4.69) is 52.1 Å². The fourth-order valence-electron chi connectivity index (χ4n) is 2.17. The molecule has 0 radical (unpaired) electrons. The Kier molecular flexibility index (Phi) is 5.57. The monoisotopic (exact) mass is 351 g/mol. The highest BCUT2D eigenvalue weighted by Crippen LogP contribution is 2.32. The van der Waals surface area contributed by atoms with Crippen LogP contribution in [-0.2, 0) is 19.4 Å². The summed E-state index contributed by atoms with van der Waals surface area (Å²) in [6.45, 7) is 4.75. The molecule has 106 valence electrons. The first-order chi connectivity index (χ1) is 9.69. The topological polar surface area (TPSA) is 51.8 Å². The molecule has 2 N–H and O–H groups in total. The van der Waals surface area contributed by atoms with Crippen LogP contribution < -0.4 is 5.73 Å². The molecule has 0 saturated heterocycles. The summed E-state index contributed by atoms with van der Waals surface area (Å²) in [5.74, 6) is 0. The Morgan fingerprint density at radius 1 is 1.15 bits per heavy atom. The Bertz CT molecular complexity index is 602. The summed E-state index contributed by atoms with van der Waals surface area (Å²) in [6, 6.07) is 8.17. The van der Waals surface area contributed by atoms with Gasteiger partial charge in [0, 0.05) is 21.5 Å². The van der Waals surface area contributed by atoms with Crippen LogP contribution in [0.1, 0.15) is 30.7 Å². The Labute approximate surface area is 132 Å². The Morgan fingerprint density at radius 2 is 1.95 bits per heavy atom. The smallest absolute Gasteiger partial charge is 0.128 e. The molecule has 0 saturated carbocycles. The van der Waals surface area contributed by atoms with Crippen molar-refractivity contribution < 1.29 is 0 Å². The molecule has 0 spiro atoms. The van der Waals surface area contributed by atoms with E-state index in [1.54, 1.807) is 11.8 Å². The van der Waals surface area contributed by atoms with Gasteiger partial charge < -0.3 is 5.73 Å². The number of aryl methyl sites for hydroxylation is 1. The van der Waals surface area contributed by atoms with Crippen LogP contribution in [0.2, 0.25) is 0 Å². The molecule has 0 unspecified atom stereocenters. The van der Waals surface area contributed by atoms with E-state index in [1.165, 1.54) is 5.56 Å². The molecule has 1 aromatic heterocycles. The minimum atomic E-state index is 0.502. The molecule has 0 atom stereocenters. The highest BCUT2D eigenvalue weighted by Gasteiger charge is 2.14. The molecular formula is C15H18BrN3S. The van der Waals surface area contributed by atoms with Gasteiger partial charge in [0.2, 0.25) is 0 Å². The molecule has 2 aromatic rings. The van der Waals surface area contributed by atoms with E-state index in [0.29, 0.717) is 6.54 Å². The van der Waals surface area contributed by atoms with Gasteiger partial charge in [-0.05, 0) is 36.6 Å². The second-order valence-electron chi connectivity index (χ2n) is 4.38. The van der Waals surface area contributed by atoms with E-state index in [-0.39, 0.29) is 0 Å². The molecule has 1 heterocycles. The maximum atomic E-state index is 5.94. The number of halogens is 1. The number of nitrogens with zero attached hydrogens (tertiary/aromatic N) is 2. The van der Waals surface area contributed by atoms with Crippen molar-refractivity contribution >= 4 is 27.7 Å². The van der Waals surface area contributed by atoms with Crippen LogP contribution in [0.3, 0.4) is 0 Å². The average Bonchev–Trinajstić information content (AvgIpc) is 2.46. The minimum Gasteiger partial charge on any atom is -0.326 e. The van der Waals surface area contributed by atoms with Crippen molar-refractivity contribution in [2.24, 2.45) is 5.73 Å². The van der Waals surface area contributed by atoms with E-state index in [9.17, 15) is 0 Å². The summed E-state index contributed by atoms with van der Waals surface area (Å²) in [7, 11) is 0. The van der Waals surface area contributed by atoms with Crippen molar-refractivity contribution in [2.75, 3.05) is 0 Å². The lowest BCUT2D eigenvalue weighted by molar-refractivity contribution is 0.782. The summed E-state index contributed by atoms with van der Waals surface area (Å²) in [6.07, 6.45) is 1.84. The minimum absolute atomic E-state index is 0.502. The van der Waals surface area contributed by atoms with E-state index >= 15 is 0 Å². The molecule has 0 aliphatic heterocycles. The number of hydrogen-bond donors (Lipinski definition) is 1. The van der Waals surface area contributed by atoms with Crippen LogP contribution in [0, 0.1) is 0 Å². The van der Waals surface area contributed by atoms with E-state index in [4.69, 9.17) is 5.73 Å². The van der Waals surface area contributed by atoms with E-state index in [0.717, 1.165) is 38.5 Å². The van der Waals surface area contributed by atoms with Crippen LogP contribution in [0.25, 0.3) is 0 Å². The molecule has 1 aromatic carbocycles. The molecule has 2 rings (SSSR count). The number of rotatable bonds is 5. The Balaban J connectivity index is 2.41. The molecule has 0 aliphatic rings. The molecular weight excluding hydrogens is 334 g/mol. The molecule has 0 fully saturated rings. The number of nitrogens with two attached hydrogens (primary N) is 1. The quantitative estimate of drug-likeness (QED) is 0.885. The fraction of sp³-hybridized carbons (Fsp3) is 0.333. The van der Waals surface area contributed by atoms with Crippen LogP contribution in [0.5, 0.6) is 0 Å². The van der Waals surface area contributed by atoms with Gasteiger partial charge in [-0.15, -0.1) is 5.10 Å². The van der Waals surface area contributed by atoms with Crippen molar-refractivity contribution in [1.82, 2.24) is 10.2 Å². The lowest BCUT2D eigenvalue weighted by atomic mass is 10.0. The molecule has 0 bridgehead atoms. The standard InChI is InChI=1S/C15H18BrN3S/c1-3-12-13(9-17)15(19-18-14(12)4-2)20-11-7-5-6-10(16)8-11/h5-8H,3-4,9,17H2,1-2H3. The van der Waals surface area contributed by atoms with Gasteiger partial charge in [0.25, 0.3) is 0 Å². The highest BCUT2D eigenvalue weighted by molar-refractivity contribution is 9.10. The van der Waals surface area contributed by atoms with Gasteiger partial charge in [-0.3, -0.25) is 0 Å². The first-order valence-corrected chi connectivity index (χ1v) is 8.31. The first-order valence-electron chi connectivity index (χ1n) is 6.70. The highest BCUT2D eigenvalue weighted by atomic mass is 79.9. The molecule has 3 nitrogen and oxygen atoms in total. The van der Waals surface area contributed by atoms with Gasteiger partial charge in [-0.2, -0.15) is 5.10 Å². The van der Waals surface area contributed by atoms with Crippen molar-refractivity contribution in [2.45, 2.75) is 43.2 Å². The largest absolute Gasteiger partial charge is 0.326 e. The second-order valence-corrected chi connectivity index (χ2v) is 6.36. The second kappa shape index (κ2) is 7.20. The maximum absolute atomic E-state index is 5.94. The average molecular weight is 352 g/mol. The predicted molar refractivity (Wildman–Crippen MR) is 86.9 cm³/mol. The normalized spacial score (nSPS) is 10.8. The van der Waals surface area contributed by atoms with Crippen molar-refractivity contribution in [3.8, 4) is 0 Å². The number of benzene rings is 1. The van der Waals surface area contributed by atoms with Gasteiger partial charge >= 0.3 is 0 Å². The van der Waals surface area contributed by atoms with Gasteiger partial charge in [0.1, 0.15) is 5.03 Å². The Hall–Kier alpha value is -0.910. The zero-order valence-electron chi connectivity index (χ0n) is 11.7. The van der Waals surface area contributed by atoms with Gasteiger partial charge in [0.05, 0.1) is 5.69 Å². The summed E-state index contributed by atoms with van der Waals surface area (Å²) in [5.41, 5.74) is 9.39. The third-order valence-electron chi connectivity index (χ3n) is 3.14. The van der Waals surface area contributed by atoms with Gasteiger partial charge in [-0.25, -0.2) is 0 Å². The lowest BCUT2D eigenvalue weighted by Gasteiger charge is -2.13. The van der Waals surface area contributed by atoms with Crippen LogP contribution in [-0.4, -0.2) is 10.2 Å². The molecule has 20 heavy (non-hydrogen) atoms. The number of hydrogen-bond acceptors (Lipinski definition) is 4. The summed E-state index contributed by atoms with van der Waals surface area (Å²) in [5, 5.41) is 9.64. The predicted octanol–water partition coefficient (Wildman–Crippen LogP) is 3.97. The third kappa shape index (κ3) is 3.40. The van der Waals surface area contributed by atoms with Crippen molar-refractivity contribution in [3.05, 3.63) is 45.6 Å². The molecule has 5 heteroatoms. The van der Waals surface area contributed by atoms with E-state index in [1.807, 2.05) is 12.1 Å². The van der Waals surface area contributed by atoms with Crippen LogP contribution >= 0.6 is 27.7 Å². The summed E-state index contributed by atoms with van der Waals surface area (Å²) >= 11 is 5.11. The maximum Gasteiger partial charge on any atom is 0.128 e. The molecule has 0 aliphatic carbocycles. The number of aromatic nitrogens is 2. The Morgan fingerprint density at radius 3 is 2.55 bits per heavy atom. The summed E-state index contributed by atoms with van der Waals surface area (Å²) < 4.78 is 1.06. The van der Waals surface area contributed by atoms with Gasteiger partial charge in [-0.1, -0.05) is 47.6 Å². The lowest BCUT2D eigenvalue weighted by Crippen LogP contribution is -2.10. The molecule has 0 amide bonds. The van der Waals surface area contributed by atoms with Gasteiger partial charge in [0.15, 0.2) is 0 Å². The zero-order valence-corrected chi connectivity index (χ0v) is 14.1. The van der Waals surface area contributed by atoms with E-state index < -0.39 is 0 Å². The fourth-order valence-corrected chi connectivity index (χ4v) is 3.68. The van der Waals surface area contributed by atoms with Crippen LogP contribution in [0.4, 0.5) is 0 Å².